The molecule has 0 rings (SSSR count). The molecule has 0 saturated carbocycles. The molecule has 0 spiro atoms. The van der Waals surface area contributed by atoms with Gasteiger partial charge in [0.05, 0.1) is 20.8 Å². The van der Waals surface area contributed by atoms with Crippen molar-refractivity contribution in [3.63, 3.8) is 0 Å². The van der Waals surface area contributed by atoms with E-state index in [4.69, 9.17) is 9.47 Å². The Morgan fingerprint density at radius 2 is 0.836 bits per heavy atom. The number of quaternary nitrogens is 1. The summed E-state index contributed by atoms with van der Waals surface area (Å²) in [5.41, 5.74) is 0. The van der Waals surface area contributed by atoms with Crippen LogP contribution in [0.4, 0.5) is 0 Å². The van der Waals surface area contributed by atoms with Crippen molar-refractivity contribution in [2.45, 2.75) is 206 Å². The summed E-state index contributed by atoms with van der Waals surface area (Å²) in [5.74, 6) is -0.264. The molecule has 0 aliphatic carbocycles. The summed E-state index contributed by atoms with van der Waals surface area (Å²) in [6.07, 6.45) is 41.4. The number of aliphatic hydroxyl groups excluding tert-OH is 1. The van der Waals surface area contributed by atoms with Crippen molar-refractivity contribution in [2.75, 3.05) is 53.6 Å². The van der Waals surface area contributed by atoms with Gasteiger partial charge in [-0.1, -0.05) is 167 Å². The molecular formula is C44H87NO9S. The van der Waals surface area contributed by atoms with E-state index in [0.717, 1.165) is 32.8 Å². The SMILES string of the molecule is CCCCCCCC/C=C\CCCCCCCC(=O)OCC[N+](C)(CCO)CCOC(=O)CCCCCCCCCCCCCCCCC.COS(=O)(=O)[O-]. The number of aliphatic hydroxyl groups is 1. The van der Waals surface area contributed by atoms with Gasteiger partial charge in [0.25, 0.3) is 0 Å². The largest absolute Gasteiger partial charge is 0.726 e. The van der Waals surface area contributed by atoms with E-state index in [1.165, 1.54) is 154 Å². The number of esters is 2. The summed E-state index contributed by atoms with van der Waals surface area (Å²) in [4.78, 5) is 24.5. The van der Waals surface area contributed by atoms with Crippen molar-refractivity contribution in [2.24, 2.45) is 0 Å². The number of carbonyl (C=O) groups excluding carboxylic acids is 2. The van der Waals surface area contributed by atoms with Crippen LogP contribution in [-0.4, -0.2) is 88.1 Å². The van der Waals surface area contributed by atoms with Crippen molar-refractivity contribution in [3.8, 4) is 0 Å². The van der Waals surface area contributed by atoms with Gasteiger partial charge in [0, 0.05) is 12.8 Å². The maximum Gasteiger partial charge on any atom is 0.305 e. The normalized spacial score (nSPS) is 12.7. The Hall–Kier alpha value is -1.53. The number of nitrogens with zero attached hydrogens (tertiary/aromatic N) is 1. The zero-order chi connectivity index (χ0) is 41.1. The summed E-state index contributed by atoms with van der Waals surface area (Å²) in [5, 5.41) is 9.59. The fourth-order valence-electron chi connectivity index (χ4n) is 6.46. The Balaban J connectivity index is 0. The van der Waals surface area contributed by atoms with Crippen molar-refractivity contribution < 1.29 is 45.8 Å². The summed E-state index contributed by atoms with van der Waals surface area (Å²) in [6, 6.07) is 0. The minimum Gasteiger partial charge on any atom is -0.726 e. The second-order valence-corrected chi connectivity index (χ2v) is 16.7. The van der Waals surface area contributed by atoms with E-state index < -0.39 is 10.4 Å². The van der Waals surface area contributed by atoms with Crippen LogP contribution in [0.15, 0.2) is 12.2 Å². The van der Waals surface area contributed by atoms with Gasteiger partial charge < -0.3 is 23.6 Å². The lowest BCUT2D eigenvalue weighted by Gasteiger charge is -2.33. The number of likely N-dealkylation sites (N-methyl/N-ethyl adjacent to an activating group) is 1. The van der Waals surface area contributed by atoms with Crippen LogP contribution in [0.1, 0.15) is 206 Å². The molecule has 0 saturated heterocycles. The third-order valence-corrected chi connectivity index (χ3v) is 10.7. The quantitative estimate of drug-likeness (QED) is 0.0160. The van der Waals surface area contributed by atoms with E-state index in [1.807, 2.05) is 7.05 Å². The average molecular weight is 806 g/mol. The molecule has 55 heavy (non-hydrogen) atoms. The van der Waals surface area contributed by atoms with E-state index in [9.17, 15) is 27.7 Å². The lowest BCUT2D eigenvalue weighted by molar-refractivity contribution is -0.910. The van der Waals surface area contributed by atoms with Crippen molar-refractivity contribution >= 4 is 22.3 Å². The summed E-state index contributed by atoms with van der Waals surface area (Å²) in [7, 11) is -1.58. The summed E-state index contributed by atoms with van der Waals surface area (Å²) in [6.45, 7) is 7.00. The van der Waals surface area contributed by atoms with Crippen LogP contribution >= 0.6 is 0 Å². The fraction of sp³-hybridized carbons (Fsp3) is 0.909. The van der Waals surface area contributed by atoms with Crippen LogP contribution < -0.4 is 0 Å². The maximum absolute atomic E-state index is 12.3. The average Bonchev–Trinajstić information content (AvgIpc) is 3.15. The second-order valence-electron chi connectivity index (χ2n) is 15.6. The van der Waals surface area contributed by atoms with Gasteiger partial charge in [0.15, 0.2) is 0 Å². The number of rotatable bonds is 40. The molecule has 1 N–H and O–H groups in total. The van der Waals surface area contributed by atoms with Gasteiger partial charge in [-0.2, -0.15) is 0 Å². The smallest absolute Gasteiger partial charge is 0.305 e. The van der Waals surface area contributed by atoms with Crippen molar-refractivity contribution in [3.05, 3.63) is 12.2 Å². The lowest BCUT2D eigenvalue weighted by Crippen LogP contribution is -2.50. The van der Waals surface area contributed by atoms with Crippen molar-refractivity contribution in [1.82, 2.24) is 0 Å². The third kappa shape index (κ3) is 46.7. The zero-order valence-electron chi connectivity index (χ0n) is 36.2. The van der Waals surface area contributed by atoms with Crippen LogP contribution in [0.2, 0.25) is 0 Å². The molecule has 11 heteroatoms. The summed E-state index contributed by atoms with van der Waals surface area (Å²) >= 11 is 0. The molecule has 0 aromatic rings. The number of unbranched alkanes of at least 4 members (excludes halogenated alkanes) is 25. The molecule has 0 amide bonds. The summed E-state index contributed by atoms with van der Waals surface area (Å²) < 4.78 is 42.6. The second kappa shape index (κ2) is 42.1. The highest BCUT2D eigenvalue weighted by Gasteiger charge is 2.22. The van der Waals surface area contributed by atoms with Crippen molar-refractivity contribution in [1.29, 1.82) is 0 Å². The molecule has 0 radical (unpaired) electrons. The van der Waals surface area contributed by atoms with Gasteiger partial charge in [-0.25, -0.2) is 8.42 Å². The van der Waals surface area contributed by atoms with E-state index in [-0.39, 0.29) is 18.5 Å². The van der Waals surface area contributed by atoms with Gasteiger partial charge in [0.1, 0.15) is 32.8 Å². The molecule has 0 bridgehead atoms. The first-order chi connectivity index (χ1) is 26.5. The molecule has 0 aliphatic heterocycles. The Bertz CT molecular complexity index is 976. The number of carbonyl (C=O) groups is 2. The minimum atomic E-state index is -4.41. The number of hydrogen-bond acceptors (Lipinski definition) is 9. The number of ether oxygens (including phenoxy) is 2. The predicted molar refractivity (Wildman–Crippen MR) is 225 cm³/mol. The first-order valence-electron chi connectivity index (χ1n) is 22.5. The van der Waals surface area contributed by atoms with Crippen LogP contribution in [0, 0.1) is 0 Å². The Kier molecular flexibility index (Phi) is 42.5. The molecule has 10 nitrogen and oxygen atoms in total. The molecular weight excluding hydrogens is 719 g/mol. The third-order valence-electron chi connectivity index (χ3n) is 10.3. The van der Waals surface area contributed by atoms with E-state index in [1.54, 1.807) is 0 Å². The lowest BCUT2D eigenvalue weighted by atomic mass is 10.0. The molecule has 328 valence electrons. The van der Waals surface area contributed by atoms with E-state index in [0.29, 0.717) is 50.2 Å². The molecule has 0 aromatic carbocycles. The topological polar surface area (TPSA) is 139 Å². The van der Waals surface area contributed by atoms with Crippen LogP contribution in [-0.2, 0) is 33.6 Å². The van der Waals surface area contributed by atoms with Crippen LogP contribution in [0.25, 0.3) is 0 Å². The molecule has 1 atom stereocenters. The molecule has 0 aliphatic rings. The Morgan fingerprint density at radius 1 is 0.545 bits per heavy atom. The highest BCUT2D eigenvalue weighted by Crippen LogP contribution is 2.15. The highest BCUT2D eigenvalue weighted by molar-refractivity contribution is 7.80. The van der Waals surface area contributed by atoms with Gasteiger partial charge in [0.2, 0.25) is 10.4 Å². The van der Waals surface area contributed by atoms with Gasteiger partial charge in [-0.3, -0.25) is 13.8 Å². The predicted octanol–water partition coefficient (Wildman–Crippen LogP) is 10.9. The number of hydrogen-bond donors (Lipinski definition) is 1. The van der Waals surface area contributed by atoms with Gasteiger partial charge in [-0.05, 0) is 38.5 Å². The molecule has 0 fully saturated rings. The van der Waals surface area contributed by atoms with E-state index >= 15 is 0 Å². The minimum absolute atomic E-state index is 0.0480. The highest BCUT2D eigenvalue weighted by atomic mass is 32.3. The van der Waals surface area contributed by atoms with E-state index in [2.05, 4.69) is 30.2 Å². The standard InChI is InChI=1S/C43H84NO5.CH4O4S/c1-4-6-8-10-12-14-16-18-20-22-24-26-28-30-32-34-42(46)48-40-37-44(3,36-39-45)38-41-49-43(47)35-33-31-29-27-25-23-21-19-17-15-13-11-9-7-5-2;1-5-6(2,3)4/h18,20,45H,4-17,19,21-41H2,1-3H3;1H3,(H,2,3,4)/q+1;/p-1/b20-18-;. The van der Waals surface area contributed by atoms with Crippen LogP contribution in [0.5, 0.6) is 0 Å². The van der Waals surface area contributed by atoms with Gasteiger partial charge in [-0.15, -0.1) is 0 Å². The molecule has 1 unspecified atom stereocenters. The first kappa shape index (κ1) is 55.6. The van der Waals surface area contributed by atoms with Gasteiger partial charge >= 0.3 is 11.9 Å². The Morgan fingerprint density at radius 3 is 1.13 bits per heavy atom. The fourth-order valence-corrected chi connectivity index (χ4v) is 6.46. The zero-order valence-corrected chi connectivity index (χ0v) is 37.0. The van der Waals surface area contributed by atoms with Crippen LogP contribution in [0.3, 0.4) is 0 Å². The monoisotopic (exact) mass is 806 g/mol. The Labute approximate surface area is 339 Å². The molecule has 0 heterocycles. The maximum atomic E-state index is 12.3. The molecule has 0 aromatic heterocycles. The first-order valence-corrected chi connectivity index (χ1v) is 23.8. The number of allylic oxidation sites excluding steroid dienone is 2.